The molecule has 114 valence electrons. The van der Waals surface area contributed by atoms with E-state index >= 15 is 0 Å². The number of halogens is 2. The quantitative estimate of drug-likeness (QED) is 0.820. The summed E-state index contributed by atoms with van der Waals surface area (Å²) in [6.45, 7) is 2.68. The molecule has 21 heavy (non-hydrogen) atoms. The lowest BCUT2D eigenvalue weighted by Crippen LogP contribution is -2.40. The minimum absolute atomic E-state index is 0.0767. The standard InChI is InChI=1S/C12H12Cl2N2O4S/c1-7(6-15)20-12(17)8(2)16-21(18,19)9-3-4-10(13)11(14)5-9/h3-5,7-8,16H,1-2H3/t7-,8+/m1/s1. The van der Waals surface area contributed by atoms with E-state index in [4.69, 9.17) is 33.2 Å². The lowest BCUT2D eigenvalue weighted by atomic mass is 10.3. The number of rotatable bonds is 5. The minimum atomic E-state index is -3.96. The number of nitriles is 1. The zero-order valence-electron chi connectivity index (χ0n) is 11.1. The summed E-state index contributed by atoms with van der Waals surface area (Å²) in [4.78, 5) is 11.5. The fraction of sp³-hybridized carbons (Fsp3) is 0.333. The second-order valence-electron chi connectivity index (χ2n) is 4.13. The number of carbonyl (C=O) groups is 1. The fourth-order valence-electron chi connectivity index (χ4n) is 1.30. The Labute approximate surface area is 132 Å². The zero-order chi connectivity index (χ0) is 16.2. The topological polar surface area (TPSA) is 96.3 Å². The lowest BCUT2D eigenvalue weighted by Gasteiger charge is -2.14. The molecule has 1 aromatic carbocycles. The average molecular weight is 351 g/mol. The molecule has 0 saturated carbocycles. The van der Waals surface area contributed by atoms with Gasteiger partial charge in [0.2, 0.25) is 10.0 Å². The van der Waals surface area contributed by atoms with Crippen LogP contribution in [0.3, 0.4) is 0 Å². The van der Waals surface area contributed by atoms with Crippen LogP contribution in [0.4, 0.5) is 0 Å². The Kier molecular flexibility index (Phi) is 5.98. The number of carbonyl (C=O) groups excluding carboxylic acids is 1. The number of hydrogen-bond donors (Lipinski definition) is 1. The number of nitrogens with zero attached hydrogens (tertiary/aromatic N) is 1. The monoisotopic (exact) mass is 350 g/mol. The van der Waals surface area contributed by atoms with Gasteiger partial charge in [-0.25, -0.2) is 8.42 Å². The molecule has 0 radical (unpaired) electrons. The smallest absolute Gasteiger partial charge is 0.325 e. The summed E-state index contributed by atoms with van der Waals surface area (Å²) in [5.74, 6) is -0.854. The maximum Gasteiger partial charge on any atom is 0.325 e. The Hall–Kier alpha value is -1.33. The van der Waals surface area contributed by atoms with Gasteiger partial charge in [0.15, 0.2) is 6.10 Å². The van der Waals surface area contributed by atoms with E-state index in [1.54, 1.807) is 6.07 Å². The molecule has 1 rings (SSSR count). The van der Waals surface area contributed by atoms with Gasteiger partial charge in [-0.1, -0.05) is 23.2 Å². The van der Waals surface area contributed by atoms with Crippen LogP contribution in [-0.4, -0.2) is 26.5 Å². The summed E-state index contributed by atoms with van der Waals surface area (Å²) in [5.41, 5.74) is 0. The van der Waals surface area contributed by atoms with Gasteiger partial charge < -0.3 is 4.74 Å². The molecule has 9 heteroatoms. The highest BCUT2D eigenvalue weighted by Gasteiger charge is 2.24. The van der Waals surface area contributed by atoms with Crippen LogP contribution in [-0.2, 0) is 19.6 Å². The lowest BCUT2D eigenvalue weighted by molar-refractivity contribution is -0.147. The van der Waals surface area contributed by atoms with E-state index in [0.29, 0.717) is 0 Å². The highest BCUT2D eigenvalue weighted by molar-refractivity contribution is 7.89. The Morgan fingerprint density at radius 3 is 2.48 bits per heavy atom. The number of ether oxygens (including phenoxy) is 1. The predicted molar refractivity (Wildman–Crippen MR) is 77.4 cm³/mol. The summed E-state index contributed by atoms with van der Waals surface area (Å²) in [7, 11) is -3.96. The van der Waals surface area contributed by atoms with Gasteiger partial charge in [-0.05, 0) is 32.0 Å². The molecule has 0 heterocycles. The Morgan fingerprint density at radius 1 is 1.33 bits per heavy atom. The van der Waals surface area contributed by atoms with Gasteiger partial charge in [-0.3, -0.25) is 4.79 Å². The van der Waals surface area contributed by atoms with Crippen molar-refractivity contribution >= 4 is 39.2 Å². The van der Waals surface area contributed by atoms with E-state index in [1.807, 2.05) is 0 Å². The van der Waals surface area contributed by atoms with Gasteiger partial charge in [0.1, 0.15) is 12.1 Å². The molecule has 0 saturated heterocycles. The van der Waals surface area contributed by atoms with E-state index in [9.17, 15) is 13.2 Å². The molecule has 2 atom stereocenters. The third-order valence-corrected chi connectivity index (χ3v) is 4.64. The van der Waals surface area contributed by atoms with Crippen molar-refractivity contribution in [3.63, 3.8) is 0 Å². The van der Waals surface area contributed by atoms with Crippen molar-refractivity contribution in [3.8, 4) is 6.07 Å². The number of sulfonamides is 1. The summed E-state index contributed by atoms with van der Waals surface area (Å²) >= 11 is 11.5. The maximum atomic E-state index is 12.1. The molecule has 0 aliphatic heterocycles. The molecular weight excluding hydrogens is 339 g/mol. The van der Waals surface area contributed by atoms with E-state index in [2.05, 4.69) is 4.72 Å². The first-order chi connectivity index (χ1) is 9.67. The fourth-order valence-corrected chi connectivity index (χ4v) is 2.88. The SMILES string of the molecule is C[C@H](C#N)OC(=O)[C@H](C)NS(=O)(=O)c1ccc(Cl)c(Cl)c1. The first-order valence-electron chi connectivity index (χ1n) is 5.75. The van der Waals surface area contributed by atoms with Crippen LogP contribution in [0, 0.1) is 11.3 Å². The van der Waals surface area contributed by atoms with E-state index in [0.717, 1.165) is 0 Å². The molecule has 0 fully saturated rings. The van der Waals surface area contributed by atoms with Crippen molar-refractivity contribution in [3.05, 3.63) is 28.2 Å². The second-order valence-corrected chi connectivity index (χ2v) is 6.66. The Balaban J connectivity index is 2.87. The Bertz CT molecular complexity index is 685. The van der Waals surface area contributed by atoms with Gasteiger partial charge in [0.25, 0.3) is 0 Å². The molecule has 0 aromatic heterocycles. The highest BCUT2D eigenvalue weighted by Crippen LogP contribution is 2.24. The van der Waals surface area contributed by atoms with Crippen LogP contribution in [0.2, 0.25) is 10.0 Å². The van der Waals surface area contributed by atoms with Gasteiger partial charge in [0, 0.05) is 0 Å². The molecule has 1 N–H and O–H groups in total. The summed E-state index contributed by atoms with van der Waals surface area (Å²) < 4.78 is 31.0. The summed E-state index contributed by atoms with van der Waals surface area (Å²) in [5, 5.41) is 8.83. The van der Waals surface area contributed by atoms with Gasteiger partial charge in [-0.2, -0.15) is 9.98 Å². The normalized spacial score (nSPS) is 14.0. The molecule has 0 aliphatic carbocycles. The summed E-state index contributed by atoms with van der Waals surface area (Å²) in [6, 6.07) is 4.31. The third kappa shape index (κ3) is 4.86. The van der Waals surface area contributed by atoms with Gasteiger partial charge in [0.05, 0.1) is 14.9 Å². The molecule has 0 amide bonds. The van der Waals surface area contributed by atoms with Crippen molar-refractivity contribution < 1.29 is 17.9 Å². The van der Waals surface area contributed by atoms with Gasteiger partial charge in [-0.15, -0.1) is 0 Å². The summed E-state index contributed by atoms with van der Waals surface area (Å²) in [6.07, 6.45) is -0.963. The third-order valence-electron chi connectivity index (χ3n) is 2.36. The minimum Gasteiger partial charge on any atom is -0.446 e. The van der Waals surface area contributed by atoms with Crippen LogP contribution in [0.1, 0.15) is 13.8 Å². The number of esters is 1. The molecule has 0 aliphatic rings. The Morgan fingerprint density at radius 2 is 1.95 bits per heavy atom. The van der Waals surface area contributed by atoms with Crippen LogP contribution in [0.5, 0.6) is 0 Å². The first kappa shape index (κ1) is 17.7. The van der Waals surface area contributed by atoms with E-state index < -0.39 is 28.1 Å². The maximum absolute atomic E-state index is 12.1. The number of hydrogen-bond acceptors (Lipinski definition) is 5. The predicted octanol–water partition coefficient (Wildman–Crippen LogP) is 2.12. The highest BCUT2D eigenvalue weighted by atomic mass is 35.5. The number of nitrogens with one attached hydrogen (secondary N) is 1. The number of benzene rings is 1. The van der Waals surface area contributed by atoms with Crippen molar-refractivity contribution in [1.82, 2.24) is 4.72 Å². The largest absolute Gasteiger partial charge is 0.446 e. The van der Waals surface area contributed by atoms with Crippen molar-refractivity contribution in [2.75, 3.05) is 0 Å². The molecular formula is C12H12Cl2N2O4S. The first-order valence-corrected chi connectivity index (χ1v) is 7.98. The van der Waals surface area contributed by atoms with Crippen LogP contribution in [0.25, 0.3) is 0 Å². The molecule has 6 nitrogen and oxygen atoms in total. The molecule has 0 unspecified atom stereocenters. The second kappa shape index (κ2) is 7.09. The molecule has 1 aromatic rings. The molecule has 0 bridgehead atoms. The average Bonchev–Trinajstić information content (AvgIpc) is 2.40. The van der Waals surface area contributed by atoms with E-state index in [1.165, 1.54) is 32.0 Å². The van der Waals surface area contributed by atoms with Crippen molar-refractivity contribution in [2.24, 2.45) is 0 Å². The van der Waals surface area contributed by atoms with E-state index in [-0.39, 0.29) is 14.9 Å². The zero-order valence-corrected chi connectivity index (χ0v) is 13.5. The van der Waals surface area contributed by atoms with Crippen molar-refractivity contribution in [1.29, 1.82) is 5.26 Å². The van der Waals surface area contributed by atoms with Crippen molar-refractivity contribution in [2.45, 2.75) is 30.9 Å². The van der Waals surface area contributed by atoms with Crippen LogP contribution in [0.15, 0.2) is 23.1 Å². The molecule has 0 spiro atoms. The van der Waals surface area contributed by atoms with Crippen LogP contribution < -0.4 is 4.72 Å². The van der Waals surface area contributed by atoms with Gasteiger partial charge >= 0.3 is 5.97 Å². The van der Waals surface area contributed by atoms with Crippen LogP contribution >= 0.6 is 23.2 Å².